The molecule has 0 saturated heterocycles. The van der Waals surface area contributed by atoms with Gasteiger partial charge in [0.15, 0.2) is 0 Å². The van der Waals surface area contributed by atoms with Crippen LogP contribution in [0.15, 0.2) is 48.1 Å². The topological polar surface area (TPSA) is 113 Å². The first kappa shape index (κ1) is 29.8. The number of aliphatic hydroxyl groups is 3. The Hall–Kier alpha value is -2.74. The molecule has 3 N–H and O–H groups in total. The first-order valence-corrected chi connectivity index (χ1v) is 13.6. The summed E-state index contributed by atoms with van der Waals surface area (Å²) < 4.78 is 11.5. The van der Waals surface area contributed by atoms with Gasteiger partial charge in [0.2, 0.25) is 0 Å². The third-order valence-corrected chi connectivity index (χ3v) is 7.17. The number of benzene rings is 1. The third kappa shape index (κ3) is 8.38. The van der Waals surface area contributed by atoms with E-state index in [9.17, 15) is 24.9 Å². The first-order chi connectivity index (χ1) is 18.0. The molecule has 6 atom stereocenters. The molecule has 0 spiro atoms. The zero-order valence-electron chi connectivity index (χ0n) is 22.9. The van der Waals surface area contributed by atoms with Crippen molar-refractivity contribution in [2.45, 2.75) is 103 Å². The van der Waals surface area contributed by atoms with Crippen LogP contribution >= 0.6 is 0 Å². The Kier molecular flexibility index (Phi) is 10.9. The Morgan fingerprint density at radius 3 is 2.53 bits per heavy atom. The molecule has 0 radical (unpaired) electrons. The number of carbonyl (C=O) groups excluding carboxylic acids is 2. The third-order valence-electron chi connectivity index (χ3n) is 7.17. The number of cyclic esters (lactones) is 1. The number of rotatable bonds is 7. The summed E-state index contributed by atoms with van der Waals surface area (Å²) in [6, 6.07) is 5.77. The molecule has 0 saturated carbocycles. The van der Waals surface area contributed by atoms with Gasteiger partial charge in [-0.3, -0.25) is 4.79 Å². The molecule has 0 bridgehead atoms. The zero-order chi connectivity index (χ0) is 27.8. The summed E-state index contributed by atoms with van der Waals surface area (Å²) in [5.41, 5.74) is 3.06. The number of fused-ring (bicyclic) bond motifs is 3. The van der Waals surface area contributed by atoms with Crippen molar-refractivity contribution in [1.29, 1.82) is 0 Å². The van der Waals surface area contributed by atoms with Crippen LogP contribution in [0.4, 0.5) is 0 Å². The molecule has 0 unspecified atom stereocenters. The van der Waals surface area contributed by atoms with Crippen LogP contribution < -0.4 is 0 Å². The monoisotopic (exact) mass is 526 g/mol. The Morgan fingerprint density at radius 2 is 1.82 bits per heavy atom. The Bertz CT molecular complexity index is 1050. The summed E-state index contributed by atoms with van der Waals surface area (Å²) in [7, 11) is 0. The number of ether oxygens (including phenoxy) is 2. The van der Waals surface area contributed by atoms with Crippen molar-refractivity contribution < 1.29 is 34.4 Å². The van der Waals surface area contributed by atoms with Crippen LogP contribution in [0.5, 0.6) is 0 Å². The van der Waals surface area contributed by atoms with E-state index in [4.69, 9.17) is 9.47 Å². The number of aliphatic hydroxyl groups excluding tert-OH is 3. The molecule has 7 heteroatoms. The highest BCUT2D eigenvalue weighted by molar-refractivity contribution is 5.93. The summed E-state index contributed by atoms with van der Waals surface area (Å²) in [5.74, 6) is -0.322. The van der Waals surface area contributed by atoms with Crippen LogP contribution in [-0.2, 0) is 14.3 Å². The van der Waals surface area contributed by atoms with Gasteiger partial charge >= 0.3 is 11.9 Å². The molecule has 3 rings (SSSR count). The van der Waals surface area contributed by atoms with E-state index in [2.05, 4.69) is 26.0 Å². The molecule has 2 heterocycles. The molecule has 1 aromatic carbocycles. The highest BCUT2D eigenvalue weighted by Crippen LogP contribution is 2.37. The van der Waals surface area contributed by atoms with Gasteiger partial charge in [-0.1, -0.05) is 61.9 Å². The van der Waals surface area contributed by atoms with Gasteiger partial charge in [0.25, 0.3) is 0 Å². The standard InChI is InChI=1S/C31H42O7/c1-19(2)28-9-6-5-8-24-23-15-14-22(13-12-20(3)16-26(33)27(34)17-21(4)32)18-25(23)31(36)38-29(24)10-7-11-30(35)37-28/h5-6,12-16,18-19,21,24,26-29,32-34H,7-11,17H2,1-4H3/b6-5+,13-12+,20-16+/t21-,24+,26-,27-,28+,29-/m0/s1. The van der Waals surface area contributed by atoms with Gasteiger partial charge in [-0.25, -0.2) is 4.79 Å². The second-order valence-electron chi connectivity index (χ2n) is 10.9. The van der Waals surface area contributed by atoms with Gasteiger partial charge < -0.3 is 24.8 Å². The fraction of sp³-hybridized carbons (Fsp3) is 0.548. The molecule has 1 aromatic rings. The van der Waals surface area contributed by atoms with E-state index in [0.29, 0.717) is 31.2 Å². The number of hydrogen-bond acceptors (Lipinski definition) is 7. The van der Waals surface area contributed by atoms with E-state index in [0.717, 1.165) is 23.1 Å². The number of hydrogen-bond donors (Lipinski definition) is 3. The van der Waals surface area contributed by atoms with Crippen LogP contribution in [0.3, 0.4) is 0 Å². The number of allylic oxidation sites excluding steroid dienone is 3. The predicted molar refractivity (Wildman–Crippen MR) is 146 cm³/mol. The largest absolute Gasteiger partial charge is 0.462 e. The van der Waals surface area contributed by atoms with Gasteiger partial charge in [-0.2, -0.15) is 0 Å². The maximum atomic E-state index is 12.9. The minimum Gasteiger partial charge on any atom is -0.462 e. The lowest BCUT2D eigenvalue weighted by Gasteiger charge is -2.33. The quantitative estimate of drug-likeness (QED) is 0.264. The van der Waals surface area contributed by atoms with E-state index in [1.807, 2.05) is 31.2 Å². The Balaban J connectivity index is 1.78. The lowest BCUT2D eigenvalue weighted by Crippen LogP contribution is -2.32. The fourth-order valence-electron chi connectivity index (χ4n) is 4.96. The fourth-order valence-corrected chi connectivity index (χ4v) is 4.96. The van der Waals surface area contributed by atoms with Crippen molar-refractivity contribution in [1.82, 2.24) is 0 Å². The zero-order valence-corrected chi connectivity index (χ0v) is 22.9. The van der Waals surface area contributed by atoms with E-state index < -0.39 is 18.3 Å². The summed E-state index contributed by atoms with van der Waals surface area (Å²) >= 11 is 0. The van der Waals surface area contributed by atoms with Crippen molar-refractivity contribution in [3.8, 4) is 0 Å². The SMILES string of the molecule is CC(/C=C/c1ccc2c(c1)C(=O)O[C@H]1CCCC(=O)O[C@@H](C(C)C)C/C=C/C[C@H]21)=C\[C@H](O)[C@@H](O)C[C@H](C)O. The lowest BCUT2D eigenvalue weighted by molar-refractivity contribution is -0.151. The first-order valence-electron chi connectivity index (χ1n) is 13.6. The second kappa shape index (κ2) is 13.9. The van der Waals surface area contributed by atoms with E-state index >= 15 is 0 Å². The summed E-state index contributed by atoms with van der Waals surface area (Å²) in [4.78, 5) is 25.3. The Labute approximate surface area is 225 Å². The van der Waals surface area contributed by atoms with Gasteiger partial charge in [0.1, 0.15) is 12.2 Å². The summed E-state index contributed by atoms with van der Waals surface area (Å²) in [6.07, 6.45) is 9.05. The number of esters is 2. The highest BCUT2D eigenvalue weighted by Gasteiger charge is 2.35. The van der Waals surface area contributed by atoms with Gasteiger partial charge in [0.05, 0.1) is 23.9 Å². The van der Waals surface area contributed by atoms with Crippen molar-refractivity contribution in [3.05, 3.63) is 64.8 Å². The van der Waals surface area contributed by atoms with Crippen molar-refractivity contribution in [3.63, 3.8) is 0 Å². The molecular weight excluding hydrogens is 484 g/mol. The average Bonchev–Trinajstić information content (AvgIpc) is 2.84. The smallest absolute Gasteiger partial charge is 0.338 e. The highest BCUT2D eigenvalue weighted by atomic mass is 16.5. The molecule has 208 valence electrons. The molecule has 0 aromatic heterocycles. The minimum absolute atomic E-state index is 0.0112. The van der Waals surface area contributed by atoms with E-state index in [-0.39, 0.29) is 42.4 Å². The van der Waals surface area contributed by atoms with Crippen LogP contribution in [0, 0.1) is 5.92 Å². The van der Waals surface area contributed by atoms with Crippen LogP contribution in [0.2, 0.25) is 0 Å². The lowest BCUT2D eigenvalue weighted by atomic mass is 9.82. The van der Waals surface area contributed by atoms with Crippen LogP contribution in [0.1, 0.15) is 93.6 Å². The van der Waals surface area contributed by atoms with Crippen LogP contribution in [0.25, 0.3) is 6.08 Å². The van der Waals surface area contributed by atoms with Crippen molar-refractivity contribution in [2.75, 3.05) is 0 Å². The van der Waals surface area contributed by atoms with Crippen LogP contribution in [-0.4, -0.2) is 57.8 Å². The summed E-state index contributed by atoms with van der Waals surface area (Å²) in [6.45, 7) is 7.48. The molecule has 7 nitrogen and oxygen atoms in total. The average molecular weight is 527 g/mol. The maximum Gasteiger partial charge on any atom is 0.338 e. The molecule has 0 fully saturated rings. The normalized spacial score (nSPS) is 26.3. The van der Waals surface area contributed by atoms with Crippen molar-refractivity contribution >= 4 is 18.0 Å². The second-order valence-corrected chi connectivity index (χ2v) is 10.9. The molecule has 0 aliphatic carbocycles. The maximum absolute atomic E-state index is 12.9. The Morgan fingerprint density at radius 1 is 1.08 bits per heavy atom. The molecule has 0 amide bonds. The predicted octanol–water partition coefficient (Wildman–Crippen LogP) is 4.85. The number of carbonyl (C=O) groups is 2. The summed E-state index contributed by atoms with van der Waals surface area (Å²) in [5, 5.41) is 29.5. The van der Waals surface area contributed by atoms with Gasteiger partial charge in [-0.15, -0.1) is 0 Å². The van der Waals surface area contributed by atoms with Gasteiger partial charge in [0, 0.05) is 25.2 Å². The molecular formula is C31H42O7. The molecule has 38 heavy (non-hydrogen) atoms. The van der Waals surface area contributed by atoms with E-state index in [1.54, 1.807) is 13.0 Å². The van der Waals surface area contributed by atoms with Gasteiger partial charge in [-0.05, 0) is 56.2 Å². The van der Waals surface area contributed by atoms with Crippen molar-refractivity contribution in [2.24, 2.45) is 5.92 Å². The minimum atomic E-state index is -1.09. The van der Waals surface area contributed by atoms with E-state index in [1.165, 1.54) is 6.08 Å². The molecule has 2 aliphatic rings. The molecule has 2 aliphatic heterocycles.